The molecular formula is C13H16N2. The van der Waals surface area contributed by atoms with Crippen LogP contribution in [-0.2, 0) is 6.42 Å². The minimum absolute atomic E-state index is 0.788. The van der Waals surface area contributed by atoms with Gasteiger partial charge in [0.2, 0.25) is 0 Å². The molecule has 78 valence electrons. The van der Waals surface area contributed by atoms with Crippen molar-refractivity contribution < 1.29 is 0 Å². The highest BCUT2D eigenvalue weighted by Crippen LogP contribution is 2.25. The average Bonchev–Trinajstić information content (AvgIpc) is 2.17. The highest BCUT2D eigenvalue weighted by molar-refractivity contribution is 5.95. The highest BCUT2D eigenvalue weighted by atomic mass is 14.6. The fraction of sp³-hybridized carbons (Fsp3) is 0.231. The number of rotatable bonds is 2. The molecule has 2 heteroatoms. The summed E-state index contributed by atoms with van der Waals surface area (Å²) >= 11 is 0. The zero-order chi connectivity index (χ0) is 10.8. The maximum Gasteiger partial charge on any atom is 0.0396 e. The van der Waals surface area contributed by atoms with E-state index in [1.807, 2.05) is 18.2 Å². The summed E-state index contributed by atoms with van der Waals surface area (Å²) in [5.41, 5.74) is 14.7. The fourth-order valence-electron chi connectivity index (χ4n) is 1.92. The summed E-state index contributed by atoms with van der Waals surface area (Å²) in [6.45, 7) is 2.17. The first-order valence-electron chi connectivity index (χ1n) is 5.28. The first-order valence-corrected chi connectivity index (χ1v) is 5.28. The van der Waals surface area contributed by atoms with Crippen LogP contribution in [-0.4, -0.2) is 0 Å². The predicted octanol–water partition coefficient (Wildman–Crippen LogP) is 2.96. The third-order valence-corrected chi connectivity index (χ3v) is 2.61. The Labute approximate surface area is 89.9 Å². The summed E-state index contributed by atoms with van der Waals surface area (Å²) in [6, 6.07) is 10.1. The van der Waals surface area contributed by atoms with Gasteiger partial charge in [0.25, 0.3) is 0 Å². The molecule has 0 aliphatic heterocycles. The Morgan fingerprint density at radius 2 is 1.87 bits per heavy atom. The second-order valence-electron chi connectivity index (χ2n) is 3.92. The van der Waals surface area contributed by atoms with Gasteiger partial charge in [-0.2, -0.15) is 0 Å². The van der Waals surface area contributed by atoms with Crippen molar-refractivity contribution in [2.24, 2.45) is 0 Å². The molecule has 2 aromatic carbocycles. The molecule has 0 bridgehead atoms. The monoisotopic (exact) mass is 200 g/mol. The first kappa shape index (κ1) is 9.84. The summed E-state index contributed by atoms with van der Waals surface area (Å²) in [7, 11) is 0. The van der Waals surface area contributed by atoms with Crippen LogP contribution in [0.1, 0.15) is 18.9 Å². The molecule has 0 aliphatic carbocycles. The first-order chi connectivity index (χ1) is 7.20. The van der Waals surface area contributed by atoms with Crippen LogP contribution in [0.25, 0.3) is 10.8 Å². The number of aryl methyl sites for hydroxylation is 1. The summed E-state index contributed by atoms with van der Waals surface area (Å²) in [5.74, 6) is 0. The van der Waals surface area contributed by atoms with E-state index in [0.29, 0.717) is 0 Å². The summed E-state index contributed by atoms with van der Waals surface area (Å²) < 4.78 is 0. The molecule has 0 heterocycles. The van der Waals surface area contributed by atoms with Gasteiger partial charge >= 0.3 is 0 Å². The molecule has 0 amide bonds. The van der Waals surface area contributed by atoms with Gasteiger partial charge in [-0.15, -0.1) is 0 Å². The van der Waals surface area contributed by atoms with Crippen LogP contribution in [0.2, 0.25) is 0 Å². The van der Waals surface area contributed by atoms with Crippen molar-refractivity contribution in [2.75, 3.05) is 11.5 Å². The van der Waals surface area contributed by atoms with E-state index in [0.717, 1.165) is 35.0 Å². The van der Waals surface area contributed by atoms with Crippen LogP contribution in [0.15, 0.2) is 30.3 Å². The van der Waals surface area contributed by atoms with Gasteiger partial charge in [-0.1, -0.05) is 25.5 Å². The highest BCUT2D eigenvalue weighted by Gasteiger charge is 2.01. The van der Waals surface area contributed by atoms with Gasteiger partial charge in [0, 0.05) is 16.8 Å². The molecular weight excluding hydrogens is 184 g/mol. The topological polar surface area (TPSA) is 52.0 Å². The lowest BCUT2D eigenvalue weighted by Crippen LogP contribution is -1.92. The van der Waals surface area contributed by atoms with E-state index in [1.165, 1.54) is 5.56 Å². The average molecular weight is 200 g/mol. The number of hydrogen-bond acceptors (Lipinski definition) is 2. The Kier molecular flexibility index (Phi) is 2.50. The van der Waals surface area contributed by atoms with Crippen molar-refractivity contribution in [2.45, 2.75) is 19.8 Å². The molecule has 0 saturated heterocycles. The van der Waals surface area contributed by atoms with E-state index >= 15 is 0 Å². The van der Waals surface area contributed by atoms with E-state index in [9.17, 15) is 0 Å². The maximum absolute atomic E-state index is 6.00. The molecule has 0 spiro atoms. The van der Waals surface area contributed by atoms with Crippen LogP contribution in [0.4, 0.5) is 11.4 Å². The van der Waals surface area contributed by atoms with Gasteiger partial charge in [-0.05, 0) is 35.6 Å². The Hall–Kier alpha value is -1.70. The van der Waals surface area contributed by atoms with Crippen LogP contribution >= 0.6 is 0 Å². The van der Waals surface area contributed by atoms with E-state index in [4.69, 9.17) is 11.5 Å². The lowest BCUT2D eigenvalue weighted by atomic mass is 10.0. The van der Waals surface area contributed by atoms with E-state index in [1.54, 1.807) is 0 Å². The molecule has 0 unspecified atom stereocenters. The van der Waals surface area contributed by atoms with Crippen LogP contribution in [0.3, 0.4) is 0 Å². The molecule has 0 aliphatic rings. The maximum atomic E-state index is 6.00. The Morgan fingerprint density at radius 1 is 1.07 bits per heavy atom. The Balaban J connectivity index is 2.63. The standard InChI is InChI=1S/C13H16N2/c1-2-3-9-6-10-8-11(14)4-5-12(10)13(15)7-9/h4-8H,2-3,14-15H2,1H3. The fourth-order valence-corrected chi connectivity index (χ4v) is 1.92. The second kappa shape index (κ2) is 3.81. The number of anilines is 2. The van der Waals surface area contributed by atoms with Crippen LogP contribution in [0, 0.1) is 0 Å². The number of nitrogen functional groups attached to an aromatic ring is 2. The lowest BCUT2D eigenvalue weighted by molar-refractivity contribution is 0.924. The largest absolute Gasteiger partial charge is 0.399 e. The van der Waals surface area contributed by atoms with Gasteiger partial charge in [-0.3, -0.25) is 0 Å². The molecule has 0 atom stereocenters. The minimum atomic E-state index is 0.788. The summed E-state index contributed by atoms with van der Waals surface area (Å²) in [5, 5.41) is 2.22. The van der Waals surface area contributed by atoms with E-state index in [2.05, 4.69) is 19.1 Å². The molecule has 2 rings (SSSR count). The van der Waals surface area contributed by atoms with Crippen molar-refractivity contribution in [1.29, 1.82) is 0 Å². The molecule has 0 aromatic heterocycles. The molecule has 4 N–H and O–H groups in total. The van der Waals surface area contributed by atoms with Crippen molar-refractivity contribution in [3.8, 4) is 0 Å². The third kappa shape index (κ3) is 1.89. The normalized spacial score (nSPS) is 10.7. The SMILES string of the molecule is CCCc1cc(N)c2ccc(N)cc2c1. The number of fused-ring (bicyclic) bond motifs is 1. The van der Waals surface area contributed by atoms with Gasteiger partial charge in [0.05, 0.1) is 0 Å². The van der Waals surface area contributed by atoms with Crippen molar-refractivity contribution in [3.05, 3.63) is 35.9 Å². The number of hydrogen-bond donors (Lipinski definition) is 2. The van der Waals surface area contributed by atoms with Gasteiger partial charge in [0.1, 0.15) is 0 Å². The van der Waals surface area contributed by atoms with Crippen molar-refractivity contribution in [3.63, 3.8) is 0 Å². The van der Waals surface area contributed by atoms with Crippen LogP contribution < -0.4 is 11.5 Å². The molecule has 0 saturated carbocycles. The summed E-state index contributed by atoms with van der Waals surface area (Å²) in [4.78, 5) is 0. The molecule has 0 radical (unpaired) electrons. The minimum Gasteiger partial charge on any atom is -0.399 e. The number of nitrogens with two attached hydrogens (primary N) is 2. The molecule has 0 fully saturated rings. The van der Waals surface area contributed by atoms with Gasteiger partial charge in [-0.25, -0.2) is 0 Å². The third-order valence-electron chi connectivity index (χ3n) is 2.61. The van der Waals surface area contributed by atoms with Crippen molar-refractivity contribution >= 4 is 22.1 Å². The quantitative estimate of drug-likeness (QED) is 0.732. The smallest absolute Gasteiger partial charge is 0.0396 e. The second-order valence-corrected chi connectivity index (χ2v) is 3.92. The van der Waals surface area contributed by atoms with Gasteiger partial charge in [0.15, 0.2) is 0 Å². The van der Waals surface area contributed by atoms with Crippen molar-refractivity contribution in [1.82, 2.24) is 0 Å². The Bertz CT molecular complexity index is 489. The zero-order valence-electron chi connectivity index (χ0n) is 8.96. The van der Waals surface area contributed by atoms with Crippen LogP contribution in [0.5, 0.6) is 0 Å². The molecule has 15 heavy (non-hydrogen) atoms. The molecule has 2 aromatic rings. The Morgan fingerprint density at radius 3 is 2.60 bits per heavy atom. The summed E-state index contributed by atoms with van der Waals surface area (Å²) in [6.07, 6.45) is 2.20. The lowest BCUT2D eigenvalue weighted by Gasteiger charge is -2.07. The predicted molar refractivity (Wildman–Crippen MR) is 66.8 cm³/mol. The zero-order valence-corrected chi connectivity index (χ0v) is 8.96. The molecule has 2 nitrogen and oxygen atoms in total. The number of benzene rings is 2. The van der Waals surface area contributed by atoms with Gasteiger partial charge < -0.3 is 11.5 Å². The van der Waals surface area contributed by atoms with E-state index < -0.39 is 0 Å². The van der Waals surface area contributed by atoms with E-state index in [-0.39, 0.29) is 0 Å².